The van der Waals surface area contributed by atoms with Gasteiger partial charge in [0.25, 0.3) is 0 Å². The number of nitrogens with two attached hydrogens (primary N) is 1. The summed E-state index contributed by atoms with van der Waals surface area (Å²) in [5, 5.41) is 0. The van der Waals surface area contributed by atoms with Gasteiger partial charge in [-0.2, -0.15) is 11.8 Å². The lowest BCUT2D eigenvalue weighted by Crippen LogP contribution is -2.36. The van der Waals surface area contributed by atoms with Gasteiger partial charge >= 0.3 is 0 Å². The first-order valence-electron chi connectivity index (χ1n) is 5.33. The van der Waals surface area contributed by atoms with E-state index < -0.39 is 0 Å². The van der Waals surface area contributed by atoms with Gasteiger partial charge in [0, 0.05) is 10.5 Å². The van der Waals surface area contributed by atoms with E-state index in [4.69, 9.17) is 5.73 Å². The van der Waals surface area contributed by atoms with E-state index in [9.17, 15) is 0 Å². The third kappa shape index (κ3) is 3.23. The second kappa shape index (κ2) is 5.37. The predicted molar refractivity (Wildman–Crippen MR) is 71.3 cm³/mol. The van der Waals surface area contributed by atoms with Crippen LogP contribution in [-0.2, 0) is 6.42 Å². The fourth-order valence-electron chi connectivity index (χ4n) is 1.95. The van der Waals surface area contributed by atoms with Crippen molar-refractivity contribution in [2.75, 3.05) is 11.5 Å². The molecule has 0 radical (unpaired) electrons. The van der Waals surface area contributed by atoms with Crippen molar-refractivity contribution in [2.45, 2.75) is 18.9 Å². The molecule has 0 aliphatic carbocycles. The normalized spacial score (nSPS) is 26.5. The zero-order valence-corrected chi connectivity index (χ0v) is 11.1. The molecule has 0 spiro atoms. The molecule has 3 heteroatoms. The molecular formula is C12H16BrNS. The molecule has 1 aromatic carbocycles. The molecule has 1 aromatic rings. The van der Waals surface area contributed by atoms with Gasteiger partial charge in [-0.1, -0.05) is 28.1 Å². The van der Waals surface area contributed by atoms with Crippen LogP contribution in [-0.4, -0.2) is 17.5 Å². The quantitative estimate of drug-likeness (QED) is 0.904. The Balaban J connectivity index is 1.98. The highest BCUT2D eigenvalue weighted by molar-refractivity contribution is 9.10. The monoisotopic (exact) mass is 285 g/mol. The van der Waals surface area contributed by atoms with E-state index in [1.54, 1.807) is 0 Å². The molecule has 1 nitrogen and oxygen atoms in total. The summed E-state index contributed by atoms with van der Waals surface area (Å²) in [5.74, 6) is 3.11. The second-order valence-corrected chi connectivity index (χ2v) is 6.18. The molecular weight excluding hydrogens is 270 g/mol. The van der Waals surface area contributed by atoms with E-state index in [1.165, 1.54) is 23.5 Å². The number of thioether (sulfide) groups is 1. The third-order valence-corrected chi connectivity index (χ3v) is 4.66. The first-order valence-corrected chi connectivity index (χ1v) is 7.28. The molecule has 2 atom stereocenters. The van der Waals surface area contributed by atoms with Crippen molar-refractivity contribution in [3.8, 4) is 0 Å². The molecule has 0 bridgehead atoms. The number of hydrogen-bond donors (Lipinski definition) is 1. The predicted octanol–water partition coefficient (Wildman–Crippen LogP) is 3.07. The number of halogens is 1. The van der Waals surface area contributed by atoms with Crippen LogP contribution >= 0.6 is 27.7 Å². The Morgan fingerprint density at radius 3 is 2.73 bits per heavy atom. The molecule has 1 aliphatic rings. The maximum atomic E-state index is 6.13. The molecule has 0 saturated carbocycles. The van der Waals surface area contributed by atoms with Crippen LogP contribution in [0, 0.1) is 5.92 Å². The lowest BCUT2D eigenvalue weighted by Gasteiger charge is -2.28. The molecule has 1 aliphatic heterocycles. The van der Waals surface area contributed by atoms with Gasteiger partial charge in [0.2, 0.25) is 0 Å². The van der Waals surface area contributed by atoms with Crippen molar-refractivity contribution in [2.24, 2.45) is 11.7 Å². The molecule has 0 aromatic heterocycles. The molecule has 2 unspecified atom stereocenters. The summed E-state index contributed by atoms with van der Waals surface area (Å²) >= 11 is 5.49. The Hall–Kier alpha value is 0.01000. The van der Waals surface area contributed by atoms with E-state index in [2.05, 4.69) is 40.2 Å². The van der Waals surface area contributed by atoms with Gasteiger partial charge < -0.3 is 5.73 Å². The standard InChI is InChI=1S/C12H16BrNS/c13-11-3-1-9(2-4-11)7-10-8-15-6-5-12(10)14/h1-4,10,12H,5-8,14H2. The van der Waals surface area contributed by atoms with Crippen LogP contribution in [0.5, 0.6) is 0 Å². The van der Waals surface area contributed by atoms with Gasteiger partial charge in [0.05, 0.1) is 0 Å². The van der Waals surface area contributed by atoms with Crippen molar-refractivity contribution in [1.82, 2.24) is 0 Å². The molecule has 1 fully saturated rings. The Bertz CT molecular complexity index is 312. The summed E-state index contributed by atoms with van der Waals surface area (Å²) in [5.41, 5.74) is 7.54. The number of rotatable bonds is 2. The van der Waals surface area contributed by atoms with Crippen LogP contribution in [0.15, 0.2) is 28.7 Å². The van der Waals surface area contributed by atoms with E-state index in [0.717, 1.165) is 10.9 Å². The minimum atomic E-state index is 0.398. The summed E-state index contributed by atoms with van der Waals surface area (Å²) < 4.78 is 1.15. The highest BCUT2D eigenvalue weighted by Crippen LogP contribution is 2.25. The topological polar surface area (TPSA) is 26.0 Å². The van der Waals surface area contributed by atoms with Crippen LogP contribution in [0.1, 0.15) is 12.0 Å². The van der Waals surface area contributed by atoms with Crippen LogP contribution in [0.4, 0.5) is 0 Å². The zero-order chi connectivity index (χ0) is 10.7. The molecule has 2 rings (SSSR count). The summed E-state index contributed by atoms with van der Waals surface area (Å²) in [6, 6.07) is 9.00. The first kappa shape index (κ1) is 11.5. The summed E-state index contributed by atoms with van der Waals surface area (Å²) in [6.07, 6.45) is 2.30. The third-order valence-electron chi connectivity index (χ3n) is 2.94. The van der Waals surface area contributed by atoms with Crippen molar-refractivity contribution < 1.29 is 0 Å². The van der Waals surface area contributed by atoms with E-state index in [1.807, 2.05) is 11.8 Å². The highest BCUT2D eigenvalue weighted by Gasteiger charge is 2.22. The first-order chi connectivity index (χ1) is 7.25. The van der Waals surface area contributed by atoms with Crippen LogP contribution < -0.4 is 5.73 Å². The number of benzene rings is 1. The maximum absolute atomic E-state index is 6.13. The molecule has 15 heavy (non-hydrogen) atoms. The maximum Gasteiger partial charge on any atom is 0.0175 e. The van der Waals surface area contributed by atoms with Gasteiger partial charge in [0.1, 0.15) is 0 Å². The SMILES string of the molecule is NC1CCSCC1Cc1ccc(Br)cc1. The van der Waals surface area contributed by atoms with Crippen molar-refractivity contribution in [1.29, 1.82) is 0 Å². The van der Waals surface area contributed by atoms with Gasteiger partial charge in [0.15, 0.2) is 0 Å². The van der Waals surface area contributed by atoms with Crippen LogP contribution in [0.3, 0.4) is 0 Å². The van der Waals surface area contributed by atoms with Crippen molar-refractivity contribution in [3.63, 3.8) is 0 Å². The lowest BCUT2D eigenvalue weighted by atomic mass is 9.92. The van der Waals surface area contributed by atoms with Gasteiger partial charge in [-0.3, -0.25) is 0 Å². The molecule has 1 heterocycles. The average Bonchev–Trinajstić information content (AvgIpc) is 2.25. The molecule has 2 N–H and O–H groups in total. The number of hydrogen-bond acceptors (Lipinski definition) is 2. The Labute approximate surface area is 104 Å². The zero-order valence-electron chi connectivity index (χ0n) is 8.66. The Morgan fingerprint density at radius 2 is 2.07 bits per heavy atom. The Morgan fingerprint density at radius 1 is 1.33 bits per heavy atom. The van der Waals surface area contributed by atoms with E-state index in [0.29, 0.717) is 12.0 Å². The molecule has 82 valence electrons. The van der Waals surface area contributed by atoms with Crippen molar-refractivity contribution >= 4 is 27.7 Å². The minimum absolute atomic E-state index is 0.398. The fraction of sp³-hybridized carbons (Fsp3) is 0.500. The minimum Gasteiger partial charge on any atom is -0.327 e. The summed E-state index contributed by atoms with van der Waals surface area (Å²) in [4.78, 5) is 0. The van der Waals surface area contributed by atoms with Crippen LogP contribution in [0.2, 0.25) is 0 Å². The second-order valence-electron chi connectivity index (χ2n) is 4.12. The van der Waals surface area contributed by atoms with E-state index in [-0.39, 0.29) is 0 Å². The van der Waals surface area contributed by atoms with Gasteiger partial charge in [-0.05, 0) is 48.0 Å². The highest BCUT2D eigenvalue weighted by atomic mass is 79.9. The van der Waals surface area contributed by atoms with Gasteiger partial charge in [-0.25, -0.2) is 0 Å². The fourth-order valence-corrected chi connectivity index (χ4v) is 3.48. The summed E-state index contributed by atoms with van der Waals surface area (Å²) in [7, 11) is 0. The smallest absolute Gasteiger partial charge is 0.0175 e. The Kier molecular flexibility index (Phi) is 4.12. The van der Waals surface area contributed by atoms with Crippen molar-refractivity contribution in [3.05, 3.63) is 34.3 Å². The molecule has 1 saturated heterocycles. The lowest BCUT2D eigenvalue weighted by molar-refractivity contribution is 0.441. The largest absolute Gasteiger partial charge is 0.327 e. The molecule has 0 amide bonds. The van der Waals surface area contributed by atoms with E-state index >= 15 is 0 Å². The van der Waals surface area contributed by atoms with Crippen LogP contribution in [0.25, 0.3) is 0 Å². The average molecular weight is 286 g/mol. The van der Waals surface area contributed by atoms with Gasteiger partial charge in [-0.15, -0.1) is 0 Å². The summed E-state index contributed by atoms with van der Waals surface area (Å²) in [6.45, 7) is 0.